The predicted octanol–water partition coefficient (Wildman–Crippen LogP) is 6.06. The normalized spacial score (nSPS) is 22.9. The van der Waals surface area contributed by atoms with Crippen molar-refractivity contribution in [3.8, 4) is 5.75 Å². The molecule has 0 bridgehead atoms. The summed E-state index contributed by atoms with van der Waals surface area (Å²) in [7, 11) is 1.64. The first-order valence-corrected chi connectivity index (χ1v) is 7.93. The second kappa shape index (κ2) is 5.55. The van der Waals surface area contributed by atoms with E-state index in [1.54, 1.807) is 13.2 Å². The molecule has 3 rings (SSSR count). The molecular weight excluding hydrogens is 350 g/mol. The van der Waals surface area contributed by atoms with Crippen LogP contribution in [0.15, 0.2) is 42.5 Å². The van der Waals surface area contributed by atoms with E-state index in [0.717, 1.165) is 16.9 Å². The van der Waals surface area contributed by atoms with E-state index in [1.807, 2.05) is 36.4 Å². The van der Waals surface area contributed by atoms with Crippen molar-refractivity contribution < 1.29 is 4.74 Å². The van der Waals surface area contributed by atoms with Gasteiger partial charge in [-0.25, -0.2) is 0 Å². The zero-order valence-corrected chi connectivity index (χ0v) is 14.1. The molecule has 2 aromatic rings. The molecule has 0 aromatic heterocycles. The van der Waals surface area contributed by atoms with Gasteiger partial charge in [0.2, 0.25) is 0 Å². The van der Waals surface area contributed by atoms with Gasteiger partial charge < -0.3 is 4.74 Å². The van der Waals surface area contributed by atoms with Gasteiger partial charge in [-0.2, -0.15) is 0 Å². The Labute approximate surface area is 143 Å². The summed E-state index contributed by atoms with van der Waals surface area (Å²) >= 11 is 25.0. The van der Waals surface area contributed by atoms with Crippen LogP contribution in [0.25, 0.3) is 0 Å². The summed E-state index contributed by atoms with van der Waals surface area (Å²) in [6, 6.07) is 13.3. The molecule has 0 aliphatic heterocycles. The van der Waals surface area contributed by atoms with Gasteiger partial charge in [-0.05, 0) is 35.4 Å². The zero-order chi connectivity index (χ0) is 15.2. The van der Waals surface area contributed by atoms with Crippen LogP contribution in [0.1, 0.15) is 23.0 Å². The molecule has 0 heterocycles. The molecule has 1 fully saturated rings. The monoisotopic (exact) mass is 360 g/mol. The molecule has 0 spiro atoms. The third kappa shape index (κ3) is 2.73. The van der Waals surface area contributed by atoms with E-state index in [0.29, 0.717) is 10.0 Å². The molecule has 5 heteroatoms. The van der Waals surface area contributed by atoms with Crippen LogP contribution in [0.5, 0.6) is 5.75 Å². The maximum atomic E-state index is 6.47. The molecule has 1 nitrogen and oxygen atoms in total. The van der Waals surface area contributed by atoms with E-state index in [2.05, 4.69) is 0 Å². The quantitative estimate of drug-likeness (QED) is 0.604. The van der Waals surface area contributed by atoms with Crippen LogP contribution in [0.4, 0.5) is 0 Å². The molecule has 0 radical (unpaired) electrons. The SMILES string of the molecule is COc1ccc([C@@H]2[C@@H](c3ccc(Cl)c(Cl)c3)C2(Cl)Cl)cc1. The second-order valence-corrected chi connectivity index (χ2v) is 7.34. The van der Waals surface area contributed by atoms with Crippen molar-refractivity contribution in [3.05, 3.63) is 63.6 Å². The van der Waals surface area contributed by atoms with Crippen LogP contribution < -0.4 is 4.74 Å². The van der Waals surface area contributed by atoms with Gasteiger partial charge >= 0.3 is 0 Å². The van der Waals surface area contributed by atoms with Crippen molar-refractivity contribution in [2.24, 2.45) is 0 Å². The lowest BCUT2D eigenvalue weighted by atomic mass is 10.0. The van der Waals surface area contributed by atoms with E-state index in [4.69, 9.17) is 51.1 Å². The Morgan fingerprint density at radius 2 is 1.43 bits per heavy atom. The number of halogens is 4. The molecule has 0 saturated heterocycles. The molecule has 2 atom stereocenters. The molecule has 1 aliphatic carbocycles. The van der Waals surface area contributed by atoms with Gasteiger partial charge in [-0.1, -0.05) is 41.4 Å². The van der Waals surface area contributed by atoms with Crippen molar-refractivity contribution in [2.75, 3.05) is 7.11 Å². The van der Waals surface area contributed by atoms with E-state index in [-0.39, 0.29) is 11.8 Å². The Balaban J connectivity index is 1.91. The highest BCUT2D eigenvalue weighted by molar-refractivity contribution is 6.52. The van der Waals surface area contributed by atoms with Crippen molar-refractivity contribution >= 4 is 46.4 Å². The first-order valence-electron chi connectivity index (χ1n) is 6.42. The molecule has 110 valence electrons. The maximum Gasteiger partial charge on any atom is 0.133 e. The van der Waals surface area contributed by atoms with E-state index >= 15 is 0 Å². The van der Waals surface area contributed by atoms with E-state index < -0.39 is 4.33 Å². The largest absolute Gasteiger partial charge is 0.497 e. The first kappa shape index (κ1) is 15.3. The Kier molecular flexibility index (Phi) is 4.04. The molecule has 1 aliphatic rings. The van der Waals surface area contributed by atoms with Crippen LogP contribution in [-0.2, 0) is 0 Å². The van der Waals surface area contributed by atoms with E-state index in [9.17, 15) is 0 Å². The molecule has 21 heavy (non-hydrogen) atoms. The Morgan fingerprint density at radius 1 is 0.857 bits per heavy atom. The lowest BCUT2D eigenvalue weighted by Crippen LogP contribution is -1.91. The van der Waals surface area contributed by atoms with Crippen molar-refractivity contribution in [1.29, 1.82) is 0 Å². The van der Waals surface area contributed by atoms with Crippen molar-refractivity contribution in [1.82, 2.24) is 0 Å². The lowest BCUT2D eigenvalue weighted by molar-refractivity contribution is 0.414. The minimum Gasteiger partial charge on any atom is -0.497 e. The average Bonchev–Trinajstić information content (AvgIpc) is 3.04. The molecule has 2 aromatic carbocycles. The van der Waals surface area contributed by atoms with Gasteiger partial charge in [-0.3, -0.25) is 0 Å². The van der Waals surface area contributed by atoms with Gasteiger partial charge in [0.15, 0.2) is 0 Å². The predicted molar refractivity (Wildman–Crippen MR) is 89.4 cm³/mol. The summed E-state index contributed by atoms with van der Waals surface area (Å²) in [6.45, 7) is 0. The fourth-order valence-electron chi connectivity index (χ4n) is 2.67. The van der Waals surface area contributed by atoms with E-state index in [1.165, 1.54) is 0 Å². The maximum absolute atomic E-state index is 6.47. The standard InChI is InChI=1S/C16H12Cl4O/c1-21-11-5-2-9(3-6-11)14-15(16(14,19)20)10-4-7-12(17)13(18)8-10/h2-8,14-15H,1H3/t14-,15-/m1/s1. The topological polar surface area (TPSA) is 9.23 Å². The van der Waals surface area contributed by atoms with Gasteiger partial charge in [-0.15, -0.1) is 23.2 Å². The summed E-state index contributed by atoms with van der Waals surface area (Å²) in [5.74, 6) is 0.841. The number of ether oxygens (including phenoxy) is 1. The minimum atomic E-state index is -0.828. The van der Waals surface area contributed by atoms with Gasteiger partial charge in [0.25, 0.3) is 0 Å². The number of hydrogen-bond donors (Lipinski definition) is 0. The van der Waals surface area contributed by atoms with Crippen LogP contribution in [0.3, 0.4) is 0 Å². The summed E-state index contributed by atoms with van der Waals surface area (Å²) in [6.07, 6.45) is 0. The number of rotatable bonds is 3. The average molecular weight is 362 g/mol. The lowest BCUT2D eigenvalue weighted by Gasteiger charge is -2.04. The number of benzene rings is 2. The fraction of sp³-hybridized carbons (Fsp3) is 0.250. The van der Waals surface area contributed by atoms with Crippen LogP contribution in [0.2, 0.25) is 10.0 Å². The summed E-state index contributed by atoms with van der Waals surface area (Å²) in [5.41, 5.74) is 2.08. The van der Waals surface area contributed by atoms with Gasteiger partial charge in [0.05, 0.1) is 17.2 Å². The van der Waals surface area contributed by atoms with Crippen molar-refractivity contribution in [2.45, 2.75) is 16.2 Å². The summed E-state index contributed by atoms with van der Waals surface area (Å²) < 4.78 is 4.34. The highest BCUT2D eigenvalue weighted by Gasteiger charge is 2.64. The number of hydrogen-bond acceptors (Lipinski definition) is 1. The van der Waals surface area contributed by atoms with Crippen LogP contribution in [-0.4, -0.2) is 11.4 Å². The molecule has 0 unspecified atom stereocenters. The second-order valence-electron chi connectivity index (χ2n) is 5.08. The number of methoxy groups -OCH3 is 1. The molecule has 0 N–H and O–H groups in total. The Morgan fingerprint density at radius 3 is 2.00 bits per heavy atom. The summed E-state index contributed by atoms with van der Waals surface area (Å²) in [4.78, 5) is 0. The smallest absolute Gasteiger partial charge is 0.133 e. The minimum absolute atomic E-state index is 0.00370. The highest BCUT2D eigenvalue weighted by atomic mass is 35.5. The molecule has 1 saturated carbocycles. The highest BCUT2D eigenvalue weighted by Crippen LogP contribution is 2.70. The van der Waals surface area contributed by atoms with Gasteiger partial charge in [0, 0.05) is 11.8 Å². The number of alkyl halides is 2. The van der Waals surface area contributed by atoms with Gasteiger partial charge in [0.1, 0.15) is 10.1 Å². The summed E-state index contributed by atoms with van der Waals surface area (Å²) in [5, 5.41) is 1.04. The Bertz CT molecular complexity index is 666. The van der Waals surface area contributed by atoms with Crippen molar-refractivity contribution in [3.63, 3.8) is 0 Å². The zero-order valence-electron chi connectivity index (χ0n) is 11.1. The fourth-order valence-corrected chi connectivity index (χ4v) is 3.86. The molecular formula is C16H12Cl4O. The third-order valence-corrected chi connectivity index (χ3v) is 5.51. The third-order valence-electron chi connectivity index (χ3n) is 3.83. The first-order chi connectivity index (χ1) is 9.95. The van der Waals surface area contributed by atoms with Crippen LogP contribution in [0, 0.1) is 0 Å². The van der Waals surface area contributed by atoms with Crippen LogP contribution >= 0.6 is 46.4 Å². The molecule has 0 amide bonds. The Hall–Kier alpha value is -0.600.